The summed E-state index contributed by atoms with van der Waals surface area (Å²) in [6, 6.07) is 2.11. The van der Waals surface area contributed by atoms with Gasteiger partial charge in [-0.05, 0) is 52.5 Å². The minimum atomic E-state index is -1.03. The third-order valence-electron chi connectivity index (χ3n) is 4.87. The van der Waals surface area contributed by atoms with E-state index >= 15 is 0 Å². The molecule has 1 aromatic heterocycles. The van der Waals surface area contributed by atoms with Crippen LogP contribution in [0.25, 0.3) is 0 Å². The Kier molecular flexibility index (Phi) is 5.97. The highest BCUT2D eigenvalue weighted by Crippen LogP contribution is 2.36. The zero-order valence-corrected chi connectivity index (χ0v) is 16.1. The molecule has 0 radical (unpaired) electrons. The number of aromatic nitrogens is 1. The van der Waals surface area contributed by atoms with Gasteiger partial charge in [-0.1, -0.05) is 18.0 Å². The maximum absolute atomic E-state index is 14.4. The van der Waals surface area contributed by atoms with Crippen molar-refractivity contribution in [2.45, 2.75) is 64.6 Å². The molecule has 0 unspecified atom stereocenters. The highest BCUT2D eigenvalue weighted by molar-refractivity contribution is 6.30. The molecule has 1 heterocycles. The van der Waals surface area contributed by atoms with Gasteiger partial charge in [-0.25, -0.2) is 14.2 Å². The number of nitrogens with zero attached hydrogens (tertiary/aromatic N) is 3. The Morgan fingerprint density at radius 1 is 1.54 bits per heavy atom. The fraction of sp³-hybridized carbons (Fsp3) is 0.611. The van der Waals surface area contributed by atoms with Crippen molar-refractivity contribution in [1.29, 1.82) is 5.26 Å². The lowest BCUT2D eigenvalue weighted by Crippen LogP contribution is -2.58. The van der Waals surface area contributed by atoms with Gasteiger partial charge in [0.05, 0.1) is 17.6 Å². The molecule has 8 heteroatoms. The van der Waals surface area contributed by atoms with Gasteiger partial charge in [0.1, 0.15) is 11.2 Å². The summed E-state index contributed by atoms with van der Waals surface area (Å²) < 4.78 is 14.4. The van der Waals surface area contributed by atoms with E-state index < -0.39 is 23.5 Å². The van der Waals surface area contributed by atoms with E-state index in [1.54, 1.807) is 6.07 Å². The van der Waals surface area contributed by atoms with Crippen LogP contribution in [-0.2, 0) is 0 Å². The van der Waals surface area contributed by atoms with Crippen LogP contribution in [0.5, 0.6) is 0 Å². The summed E-state index contributed by atoms with van der Waals surface area (Å²) in [5, 5.41) is 21.6. The summed E-state index contributed by atoms with van der Waals surface area (Å²) in [5.41, 5.74) is -0.645. The summed E-state index contributed by atoms with van der Waals surface area (Å²) in [6.45, 7) is 7.30. The largest absolute Gasteiger partial charge is 0.465 e. The SMILES string of the molecule is C[C@@H]([C@H](Nc1nc(Cl)c(C#N)cc1F)C1CCC1)N(C(=O)O)C(C)(C)C. The second kappa shape index (κ2) is 7.67. The number of pyridine rings is 1. The van der Waals surface area contributed by atoms with Gasteiger partial charge < -0.3 is 10.4 Å². The molecule has 6 nitrogen and oxygen atoms in total. The lowest BCUT2D eigenvalue weighted by atomic mass is 9.76. The molecule has 0 saturated heterocycles. The first-order chi connectivity index (χ1) is 12.1. The number of carbonyl (C=O) groups is 1. The van der Waals surface area contributed by atoms with E-state index in [1.165, 1.54) is 4.90 Å². The predicted octanol–water partition coefficient (Wildman–Crippen LogP) is 4.49. The minimum absolute atomic E-state index is 0.0372. The van der Waals surface area contributed by atoms with Gasteiger partial charge in [-0.15, -0.1) is 0 Å². The standard InChI is InChI=1S/C18H24ClFN4O2/c1-10(24(17(25)26)18(2,3)4)14(11-6-5-7-11)22-16-13(20)8-12(9-21)15(19)23-16/h8,10-11,14H,5-7H2,1-4H3,(H,22,23)(H,25,26)/t10-,14-/m0/s1. The fourth-order valence-electron chi connectivity index (χ4n) is 3.47. The third kappa shape index (κ3) is 4.18. The first-order valence-corrected chi connectivity index (χ1v) is 8.99. The van der Waals surface area contributed by atoms with Crippen molar-refractivity contribution in [3.8, 4) is 6.07 Å². The maximum atomic E-state index is 14.4. The summed E-state index contributed by atoms with van der Waals surface area (Å²) in [4.78, 5) is 17.2. The van der Waals surface area contributed by atoms with Gasteiger partial charge in [-0.3, -0.25) is 4.90 Å². The normalized spacial score (nSPS) is 17.0. The minimum Gasteiger partial charge on any atom is -0.465 e. The molecule has 1 aliphatic rings. The van der Waals surface area contributed by atoms with E-state index in [-0.39, 0.29) is 28.5 Å². The second-order valence-corrected chi connectivity index (χ2v) is 8.05. The number of amides is 1. The van der Waals surface area contributed by atoms with Gasteiger partial charge in [0.25, 0.3) is 0 Å². The number of nitrogens with one attached hydrogen (secondary N) is 1. The Hall–Kier alpha value is -2.07. The van der Waals surface area contributed by atoms with E-state index in [1.807, 2.05) is 27.7 Å². The quantitative estimate of drug-likeness (QED) is 0.732. The van der Waals surface area contributed by atoms with Crippen molar-refractivity contribution >= 4 is 23.5 Å². The molecule has 1 amide bonds. The first kappa shape index (κ1) is 20.2. The van der Waals surface area contributed by atoms with Crippen molar-refractivity contribution in [3.63, 3.8) is 0 Å². The molecule has 0 bridgehead atoms. The second-order valence-electron chi connectivity index (χ2n) is 7.69. The van der Waals surface area contributed by atoms with Gasteiger partial charge in [0.2, 0.25) is 0 Å². The molecule has 1 fully saturated rings. The number of hydrogen-bond acceptors (Lipinski definition) is 4. The number of anilines is 1. The van der Waals surface area contributed by atoms with Crippen LogP contribution in [0.4, 0.5) is 15.0 Å². The molecule has 2 N–H and O–H groups in total. The van der Waals surface area contributed by atoms with Crippen molar-refractivity contribution in [3.05, 3.63) is 22.6 Å². The van der Waals surface area contributed by atoms with Gasteiger partial charge in [-0.2, -0.15) is 5.26 Å². The van der Waals surface area contributed by atoms with E-state index in [0.717, 1.165) is 25.3 Å². The van der Waals surface area contributed by atoms with Crippen molar-refractivity contribution < 1.29 is 14.3 Å². The number of rotatable bonds is 5. The van der Waals surface area contributed by atoms with E-state index in [2.05, 4.69) is 10.3 Å². The molecule has 0 aromatic carbocycles. The molecular formula is C18H24ClFN4O2. The van der Waals surface area contributed by atoms with Crippen LogP contribution in [-0.4, -0.2) is 38.7 Å². The molecule has 0 spiro atoms. The Labute approximate surface area is 158 Å². The number of carboxylic acid groups (broad SMARTS) is 1. The van der Waals surface area contributed by atoms with Gasteiger partial charge in [0, 0.05) is 5.54 Å². The van der Waals surface area contributed by atoms with Crippen molar-refractivity contribution in [2.75, 3.05) is 5.32 Å². The topological polar surface area (TPSA) is 89.3 Å². The van der Waals surface area contributed by atoms with Crippen molar-refractivity contribution in [1.82, 2.24) is 9.88 Å². The average Bonchev–Trinajstić information content (AvgIpc) is 2.45. The van der Waals surface area contributed by atoms with Crippen LogP contribution < -0.4 is 5.32 Å². The number of nitriles is 1. The summed E-state index contributed by atoms with van der Waals surface area (Å²) >= 11 is 5.93. The van der Waals surface area contributed by atoms with Crippen LogP contribution in [0.1, 0.15) is 52.5 Å². The van der Waals surface area contributed by atoms with E-state index in [9.17, 15) is 14.3 Å². The highest BCUT2D eigenvalue weighted by Gasteiger charge is 2.40. The Bertz CT molecular complexity index is 725. The zero-order valence-electron chi connectivity index (χ0n) is 15.4. The number of halogens is 2. The Morgan fingerprint density at radius 2 is 2.15 bits per heavy atom. The molecule has 142 valence electrons. The van der Waals surface area contributed by atoms with E-state index in [4.69, 9.17) is 16.9 Å². The molecule has 1 aliphatic carbocycles. The monoisotopic (exact) mass is 382 g/mol. The first-order valence-electron chi connectivity index (χ1n) is 8.61. The summed E-state index contributed by atoms with van der Waals surface area (Å²) in [7, 11) is 0. The summed E-state index contributed by atoms with van der Waals surface area (Å²) in [5.74, 6) is -0.526. The van der Waals surface area contributed by atoms with Crippen LogP contribution in [0, 0.1) is 23.1 Å². The van der Waals surface area contributed by atoms with Crippen molar-refractivity contribution in [2.24, 2.45) is 5.92 Å². The molecule has 1 saturated carbocycles. The fourth-order valence-corrected chi connectivity index (χ4v) is 3.65. The Balaban J connectivity index is 2.36. The molecule has 2 rings (SSSR count). The highest BCUT2D eigenvalue weighted by atomic mass is 35.5. The number of hydrogen-bond donors (Lipinski definition) is 2. The van der Waals surface area contributed by atoms with Crippen LogP contribution >= 0.6 is 11.6 Å². The van der Waals surface area contributed by atoms with E-state index in [0.29, 0.717) is 0 Å². The van der Waals surface area contributed by atoms with Gasteiger partial charge in [0.15, 0.2) is 11.6 Å². The van der Waals surface area contributed by atoms with Crippen LogP contribution in [0.15, 0.2) is 6.07 Å². The van der Waals surface area contributed by atoms with Crippen LogP contribution in [0.2, 0.25) is 5.15 Å². The zero-order chi connectivity index (χ0) is 19.6. The molecular weight excluding hydrogens is 359 g/mol. The summed E-state index contributed by atoms with van der Waals surface area (Å²) in [6.07, 6.45) is 1.90. The predicted molar refractivity (Wildman–Crippen MR) is 97.8 cm³/mol. The average molecular weight is 383 g/mol. The molecule has 1 aromatic rings. The molecule has 0 aliphatic heterocycles. The smallest absolute Gasteiger partial charge is 0.408 e. The molecule has 26 heavy (non-hydrogen) atoms. The third-order valence-corrected chi connectivity index (χ3v) is 5.15. The maximum Gasteiger partial charge on any atom is 0.408 e. The van der Waals surface area contributed by atoms with Crippen LogP contribution in [0.3, 0.4) is 0 Å². The lowest BCUT2D eigenvalue weighted by molar-refractivity contribution is 0.0552. The molecule has 2 atom stereocenters. The lowest BCUT2D eigenvalue weighted by Gasteiger charge is -2.46. The Morgan fingerprint density at radius 3 is 2.58 bits per heavy atom. The van der Waals surface area contributed by atoms with Gasteiger partial charge >= 0.3 is 6.09 Å².